The first kappa shape index (κ1) is 21.4. The van der Waals surface area contributed by atoms with E-state index in [0.717, 1.165) is 71.4 Å². The molecule has 3 aliphatic rings. The van der Waals surface area contributed by atoms with Crippen molar-refractivity contribution in [1.29, 1.82) is 0 Å². The molecule has 0 radical (unpaired) electrons. The van der Waals surface area contributed by atoms with Crippen molar-refractivity contribution in [2.45, 2.75) is 63.8 Å². The number of aryl methyl sites for hydroxylation is 1. The first-order valence-electron chi connectivity index (χ1n) is 12.1. The molecule has 1 aromatic rings. The average Bonchev–Trinajstić information content (AvgIpc) is 2.83. The Bertz CT molecular complexity index is 686. The SMILES string of the molecule is O=C(CCc1ccccc1)N1CCC(N2CCC(C(=O)N3CCCCC3)CC2)CC1. The second kappa shape index (κ2) is 10.4. The number of hydrogen-bond acceptors (Lipinski definition) is 3. The number of carbonyl (C=O) groups is 2. The topological polar surface area (TPSA) is 43.9 Å². The lowest BCUT2D eigenvalue weighted by atomic mass is 9.91. The van der Waals surface area contributed by atoms with Crippen molar-refractivity contribution < 1.29 is 9.59 Å². The Morgan fingerprint density at radius 1 is 0.767 bits per heavy atom. The van der Waals surface area contributed by atoms with E-state index in [1.165, 1.54) is 24.8 Å². The van der Waals surface area contributed by atoms with Gasteiger partial charge < -0.3 is 14.7 Å². The van der Waals surface area contributed by atoms with Crippen molar-refractivity contribution in [3.8, 4) is 0 Å². The Hall–Kier alpha value is -1.88. The largest absolute Gasteiger partial charge is 0.343 e. The Morgan fingerprint density at radius 3 is 2.10 bits per heavy atom. The molecular weight excluding hydrogens is 374 g/mol. The van der Waals surface area contributed by atoms with Crippen molar-refractivity contribution in [2.24, 2.45) is 5.92 Å². The minimum atomic E-state index is 0.235. The van der Waals surface area contributed by atoms with Gasteiger partial charge in [-0.3, -0.25) is 9.59 Å². The second-order valence-electron chi connectivity index (χ2n) is 9.29. The molecule has 5 heteroatoms. The van der Waals surface area contributed by atoms with Gasteiger partial charge in [0.25, 0.3) is 0 Å². The maximum absolute atomic E-state index is 12.8. The van der Waals surface area contributed by atoms with Crippen LogP contribution in [0.5, 0.6) is 0 Å². The summed E-state index contributed by atoms with van der Waals surface area (Å²) in [5.74, 6) is 0.940. The molecule has 0 spiro atoms. The highest BCUT2D eigenvalue weighted by Gasteiger charge is 2.33. The molecule has 1 aromatic carbocycles. The highest BCUT2D eigenvalue weighted by atomic mass is 16.2. The average molecular weight is 412 g/mol. The van der Waals surface area contributed by atoms with Crippen LogP contribution in [-0.2, 0) is 16.0 Å². The van der Waals surface area contributed by atoms with Crippen LogP contribution < -0.4 is 0 Å². The predicted molar refractivity (Wildman–Crippen MR) is 119 cm³/mol. The molecule has 5 nitrogen and oxygen atoms in total. The summed E-state index contributed by atoms with van der Waals surface area (Å²) in [7, 11) is 0. The molecule has 0 unspecified atom stereocenters. The van der Waals surface area contributed by atoms with Crippen molar-refractivity contribution in [1.82, 2.24) is 14.7 Å². The third-order valence-corrected chi connectivity index (χ3v) is 7.35. The van der Waals surface area contributed by atoms with Gasteiger partial charge in [0.2, 0.25) is 11.8 Å². The number of nitrogens with zero attached hydrogens (tertiary/aromatic N) is 3. The van der Waals surface area contributed by atoms with E-state index >= 15 is 0 Å². The van der Waals surface area contributed by atoms with E-state index in [1.54, 1.807) is 0 Å². The van der Waals surface area contributed by atoms with Gasteiger partial charge in [-0.1, -0.05) is 30.3 Å². The Kier molecular flexibility index (Phi) is 7.42. The smallest absolute Gasteiger partial charge is 0.225 e. The summed E-state index contributed by atoms with van der Waals surface area (Å²) in [6.45, 7) is 5.77. The van der Waals surface area contributed by atoms with Crippen molar-refractivity contribution in [2.75, 3.05) is 39.3 Å². The molecule has 0 atom stereocenters. The first-order chi connectivity index (χ1) is 14.7. The molecule has 3 saturated heterocycles. The van der Waals surface area contributed by atoms with Crippen molar-refractivity contribution in [3.63, 3.8) is 0 Å². The van der Waals surface area contributed by atoms with Gasteiger partial charge in [0.1, 0.15) is 0 Å². The van der Waals surface area contributed by atoms with Gasteiger partial charge in [-0.25, -0.2) is 0 Å². The van der Waals surface area contributed by atoms with Crippen LogP contribution in [0.2, 0.25) is 0 Å². The molecule has 3 heterocycles. The summed E-state index contributed by atoms with van der Waals surface area (Å²) >= 11 is 0. The van der Waals surface area contributed by atoms with Crippen LogP contribution in [0.15, 0.2) is 30.3 Å². The molecule has 4 rings (SSSR count). The van der Waals surface area contributed by atoms with E-state index in [1.807, 2.05) is 18.2 Å². The molecular formula is C25H37N3O2. The minimum absolute atomic E-state index is 0.235. The fourth-order valence-corrected chi connectivity index (χ4v) is 5.42. The summed E-state index contributed by atoms with van der Waals surface area (Å²) in [4.78, 5) is 32.1. The summed E-state index contributed by atoms with van der Waals surface area (Å²) < 4.78 is 0. The van der Waals surface area contributed by atoms with Crippen LogP contribution in [0.3, 0.4) is 0 Å². The van der Waals surface area contributed by atoms with Gasteiger partial charge >= 0.3 is 0 Å². The van der Waals surface area contributed by atoms with Crippen LogP contribution in [0.25, 0.3) is 0 Å². The Labute approximate surface area is 181 Å². The maximum Gasteiger partial charge on any atom is 0.225 e. The van der Waals surface area contributed by atoms with E-state index < -0.39 is 0 Å². The highest BCUT2D eigenvalue weighted by Crippen LogP contribution is 2.26. The Morgan fingerprint density at radius 2 is 1.43 bits per heavy atom. The van der Waals surface area contributed by atoms with Crippen molar-refractivity contribution >= 4 is 11.8 Å². The Balaban J connectivity index is 1.17. The van der Waals surface area contributed by atoms with Gasteiger partial charge in [0, 0.05) is 44.6 Å². The summed E-state index contributed by atoms with van der Waals surface area (Å²) in [5, 5.41) is 0. The van der Waals surface area contributed by atoms with E-state index in [9.17, 15) is 9.59 Å². The van der Waals surface area contributed by atoms with Gasteiger partial charge in [-0.05, 0) is 70.0 Å². The number of carbonyl (C=O) groups excluding carboxylic acids is 2. The molecule has 0 aliphatic carbocycles. The molecule has 0 N–H and O–H groups in total. The van der Waals surface area contributed by atoms with Crippen LogP contribution in [0, 0.1) is 5.92 Å². The van der Waals surface area contributed by atoms with Gasteiger partial charge in [0.05, 0.1) is 0 Å². The number of rotatable bonds is 5. The third-order valence-electron chi connectivity index (χ3n) is 7.35. The fraction of sp³-hybridized carbons (Fsp3) is 0.680. The standard InChI is InChI=1S/C25H37N3O2/c29-24(10-9-21-7-3-1-4-8-21)27-19-13-23(14-20-27)26-17-11-22(12-18-26)25(30)28-15-5-2-6-16-28/h1,3-4,7-8,22-23H,2,5-6,9-20H2. The summed E-state index contributed by atoms with van der Waals surface area (Å²) in [5.41, 5.74) is 1.24. The lowest BCUT2D eigenvalue weighted by Crippen LogP contribution is -2.50. The number of likely N-dealkylation sites (tertiary alicyclic amines) is 3. The normalized spacial score (nSPS) is 22.3. The van der Waals surface area contributed by atoms with E-state index in [2.05, 4.69) is 26.8 Å². The number of hydrogen-bond donors (Lipinski definition) is 0. The zero-order chi connectivity index (χ0) is 20.8. The maximum atomic E-state index is 12.8. The lowest BCUT2D eigenvalue weighted by molar-refractivity contribution is -0.139. The van der Waals surface area contributed by atoms with Gasteiger partial charge in [-0.2, -0.15) is 0 Å². The minimum Gasteiger partial charge on any atom is -0.343 e. The molecule has 0 saturated carbocycles. The number of piperidine rings is 3. The van der Waals surface area contributed by atoms with Gasteiger partial charge in [0.15, 0.2) is 0 Å². The van der Waals surface area contributed by atoms with E-state index in [4.69, 9.17) is 0 Å². The monoisotopic (exact) mass is 411 g/mol. The van der Waals surface area contributed by atoms with Crippen LogP contribution in [0.4, 0.5) is 0 Å². The summed E-state index contributed by atoms with van der Waals surface area (Å²) in [6.07, 6.45) is 9.22. The van der Waals surface area contributed by atoms with Crippen LogP contribution in [-0.4, -0.2) is 71.8 Å². The van der Waals surface area contributed by atoms with Crippen molar-refractivity contribution in [3.05, 3.63) is 35.9 Å². The van der Waals surface area contributed by atoms with Crippen LogP contribution >= 0.6 is 0 Å². The predicted octanol–water partition coefficient (Wildman–Crippen LogP) is 3.33. The molecule has 3 aliphatic heterocycles. The molecule has 0 bridgehead atoms. The first-order valence-corrected chi connectivity index (χ1v) is 12.1. The number of benzene rings is 1. The van der Waals surface area contributed by atoms with E-state index in [0.29, 0.717) is 24.3 Å². The quantitative estimate of drug-likeness (QED) is 0.746. The molecule has 30 heavy (non-hydrogen) atoms. The fourth-order valence-electron chi connectivity index (χ4n) is 5.42. The second-order valence-corrected chi connectivity index (χ2v) is 9.29. The lowest BCUT2D eigenvalue weighted by Gasteiger charge is -2.42. The molecule has 2 amide bonds. The molecule has 3 fully saturated rings. The highest BCUT2D eigenvalue weighted by molar-refractivity contribution is 5.79. The molecule has 164 valence electrons. The number of amides is 2. The zero-order valence-electron chi connectivity index (χ0n) is 18.3. The van der Waals surface area contributed by atoms with Gasteiger partial charge in [-0.15, -0.1) is 0 Å². The van der Waals surface area contributed by atoms with Crippen LogP contribution in [0.1, 0.15) is 56.9 Å². The zero-order valence-corrected chi connectivity index (χ0v) is 18.3. The van der Waals surface area contributed by atoms with E-state index in [-0.39, 0.29) is 5.92 Å². The third kappa shape index (κ3) is 5.42. The molecule has 0 aromatic heterocycles. The summed E-state index contributed by atoms with van der Waals surface area (Å²) in [6, 6.07) is 10.9.